The Balaban J connectivity index is 2.62. The van der Waals surface area contributed by atoms with Gasteiger partial charge in [0.15, 0.2) is 5.60 Å². The third-order valence-electron chi connectivity index (χ3n) is 2.77. The van der Waals surface area contributed by atoms with Crippen LogP contribution in [0, 0.1) is 0 Å². The van der Waals surface area contributed by atoms with Crippen LogP contribution in [0.5, 0.6) is 0 Å². The molecule has 15 heavy (non-hydrogen) atoms. The van der Waals surface area contributed by atoms with Crippen LogP contribution in [0.4, 0.5) is 13.2 Å². The van der Waals surface area contributed by atoms with Gasteiger partial charge in [0.25, 0.3) is 0 Å². The van der Waals surface area contributed by atoms with Crippen LogP contribution in [0.1, 0.15) is 19.3 Å². The van der Waals surface area contributed by atoms with Gasteiger partial charge in [-0.2, -0.15) is 13.2 Å². The van der Waals surface area contributed by atoms with Crippen LogP contribution in [0.15, 0.2) is 0 Å². The zero-order valence-corrected chi connectivity index (χ0v) is 8.26. The Hall–Kier alpha value is -0.620. The molecule has 1 saturated heterocycles. The molecule has 1 rings (SSSR count). The van der Waals surface area contributed by atoms with E-state index in [0.29, 0.717) is 12.8 Å². The van der Waals surface area contributed by atoms with Gasteiger partial charge >= 0.3 is 6.18 Å². The lowest BCUT2D eigenvalue weighted by Gasteiger charge is -2.29. The first-order valence-corrected chi connectivity index (χ1v) is 4.84. The van der Waals surface area contributed by atoms with E-state index < -0.39 is 11.8 Å². The molecular weight excluding hydrogens is 211 g/mol. The minimum atomic E-state index is -4.58. The van der Waals surface area contributed by atoms with Crippen LogP contribution in [0.2, 0.25) is 0 Å². The maximum atomic E-state index is 12.5. The molecule has 0 bridgehead atoms. The molecule has 1 atom stereocenters. The van der Waals surface area contributed by atoms with E-state index in [1.165, 1.54) is 0 Å². The molecule has 1 N–H and O–H groups in total. The number of nitrogens with zero attached hydrogens (tertiary/aromatic N) is 1. The number of aldehydes is 1. The summed E-state index contributed by atoms with van der Waals surface area (Å²) in [6.07, 6.45) is -4.30. The van der Waals surface area contributed by atoms with Crippen molar-refractivity contribution < 1.29 is 23.1 Å². The van der Waals surface area contributed by atoms with E-state index >= 15 is 0 Å². The van der Waals surface area contributed by atoms with Crippen molar-refractivity contribution in [3.05, 3.63) is 0 Å². The van der Waals surface area contributed by atoms with Crippen LogP contribution in [-0.2, 0) is 4.79 Å². The highest BCUT2D eigenvalue weighted by molar-refractivity contribution is 5.51. The van der Waals surface area contributed by atoms with E-state index in [9.17, 15) is 23.1 Å². The summed E-state index contributed by atoms with van der Waals surface area (Å²) >= 11 is 0. The maximum absolute atomic E-state index is 12.5. The number of carbonyl (C=O) groups excluding carboxylic acids is 1. The number of aliphatic hydroxyl groups is 1. The number of carbonyl (C=O) groups is 1. The van der Waals surface area contributed by atoms with Crippen molar-refractivity contribution in [2.45, 2.75) is 31.0 Å². The number of halogens is 3. The topological polar surface area (TPSA) is 40.5 Å². The molecule has 0 radical (unpaired) electrons. The number of likely N-dealkylation sites (tertiary alicyclic amines) is 1. The first kappa shape index (κ1) is 12.4. The van der Waals surface area contributed by atoms with Crippen molar-refractivity contribution in [1.82, 2.24) is 4.90 Å². The SMILES string of the molecule is O=CCN1CCCC(O)(C(F)(F)F)CC1. The third kappa shape index (κ3) is 2.92. The Morgan fingerprint density at radius 1 is 1.33 bits per heavy atom. The van der Waals surface area contributed by atoms with E-state index in [-0.39, 0.29) is 32.4 Å². The zero-order chi connectivity index (χ0) is 11.5. The van der Waals surface area contributed by atoms with Crippen LogP contribution >= 0.6 is 0 Å². The summed E-state index contributed by atoms with van der Waals surface area (Å²) in [5.41, 5.74) is -2.58. The average Bonchev–Trinajstić information content (AvgIpc) is 2.29. The van der Waals surface area contributed by atoms with Gasteiger partial charge in [-0.05, 0) is 25.8 Å². The maximum Gasteiger partial charge on any atom is 0.417 e. The molecule has 1 fully saturated rings. The van der Waals surface area contributed by atoms with Gasteiger partial charge < -0.3 is 9.90 Å². The number of hydrogen-bond acceptors (Lipinski definition) is 3. The Morgan fingerprint density at radius 2 is 2.00 bits per heavy atom. The van der Waals surface area contributed by atoms with E-state index in [1.54, 1.807) is 4.90 Å². The van der Waals surface area contributed by atoms with Gasteiger partial charge in [-0.3, -0.25) is 4.90 Å². The molecular formula is C9H14F3NO2. The van der Waals surface area contributed by atoms with Crippen LogP contribution < -0.4 is 0 Å². The Morgan fingerprint density at radius 3 is 2.53 bits per heavy atom. The van der Waals surface area contributed by atoms with E-state index in [2.05, 4.69) is 0 Å². The van der Waals surface area contributed by atoms with Crippen molar-refractivity contribution in [3.63, 3.8) is 0 Å². The predicted octanol–water partition coefficient (Wildman–Crippen LogP) is 0.965. The Kier molecular flexibility index (Phi) is 3.72. The van der Waals surface area contributed by atoms with Crippen molar-refractivity contribution in [2.24, 2.45) is 0 Å². The van der Waals surface area contributed by atoms with Gasteiger partial charge in [0.2, 0.25) is 0 Å². The fourth-order valence-corrected chi connectivity index (χ4v) is 1.75. The second kappa shape index (κ2) is 4.49. The molecule has 3 nitrogen and oxygen atoms in total. The van der Waals surface area contributed by atoms with Gasteiger partial charge in [-0.1, -0.05) is 0 Å². The summed E-state index contributed by atoms with van der Waals surface area (Å²) in [5.74, 6) is 0. The number of rotatable bonds is 2. The molecule has 6 heteroatoms. The Labute approximate surface area is 85.9 Å². The minimum absolute atomic E-state index is 0.106. The summed E-state index contributed by atoms with van der Waals surface area (Å²) in [6.45, 7) is 0.666. The van der Waals surface area contributed by atoms with Crippen molar-refractivity contribution in [1.29, 1.82) is 0 Å². The van der Waals surface area contributed by atoms with E-state index in [0.717, 1.165) is 0 Å². The summed E-state index contributed by atoms with van der Waals surface area (Å²) in [7, 11) is 0. The highest BCUT2D eigenvalue weighted by Crippen LogP contribution is 2.38. The minimum Gasteiger partial charge on any atom is -0.380 e. The standard InChI is InChI=1S/C9H14F3NO2/c10-9(11,12)8(15)2-1-4-13(5-3-8)6-7-14/h7,15H,1-6H2. The first-order valence-electron chi connectivity index (χ1n) is 4.84. The largest absolute Gasteiger partial charge is 0.417 e. The summed E-state index contributed by atoms with van der Waals surface area (Å²) in [5, 5.41) is 9.43. The zero-order valence-electron chi connectivity index (χ0n) is 8.26. The molecule has 0 saturated carbocycles. The van der Waals surface area contributed by atoms with Gasteiger partial charge in [0.1, 0.15) is 6.29 Å². The number of hydrogen-bond donors (Lipinski definition) is 1. The highest BCUT2D eigenvalue weighted by atomic mass is 19.4. The molecule has 88 valence electrons. The molecule has 1 unspecified atom stereocenters. The summed E-state index contributed by atoms with van der Waals surface area (Å²) in [6, 6.07) is 0. The van der Waals surface area contributed by atoms with Crippen LogP contribution in [0.3, 0.4) is 0 Å². The number of alkyl halides is 3. The molecule has 1 heterocycles. The Bertz CT molecular complexity index is 232. The predicted molar refractivity (Wildman–Crippen MR) is 47.4 cm³/mol. The third-order valence-corrected chi connectivity index (χ3v) is 2.77. The normalized spacial score (nSPS) is 29.9. The molecule has 0 spiro atoms. The first-order chi connectivity index (χ1) is 6.89. The molecule has 0 aromatic heterocycles. The van der Waals surface area contributed by atoms with Gasteiger partial charge in [0, 0.05) is 6.54 Å². The van der Waals surface area contributed by atoms with Gasteiger partial charge in [0.05, 0.1) is 6.54 Å². The second-order valence-corrected chi connectivity index (χ2v) is 3.85. The fourth-order valence-electron chi connectivity index (χ4n) is 1.75. The monoisotopic (exact) mass is 225 g/mol. The van der Waals surface area contributed by atoms with Crippen LogP contribution in [0.25, 0.3) is 0 Å². The summed E-state index contributed by atoms with van der Waals surface area (Å²) < 4.78 is 37.4. The molecule has 0 amide bonds. The van der Waals surface area contributed by atoms with Gasteiger partial charge in [-0.25, -0.2) is 0 Å². The lowest BCUT2D eigenvalue weighted by atomic mass is 9.94. The fraction of sp³-hybridized carbons (Fsp3) is 0.889. The molecule has 0 aliphatic carbocycles. The van der Waals surface area contributed by atoms with Crippen LogP contribution in [-0.4, -0.2) is 47.7 Å². The molecule has 1 aliphatic rings. The molecule has 0 aromatic rings. The lowest BCUT2D eigenvalue weighted by Crippen LogP contribution is -2.45. The lowest BCUT2D eigenvalue weighted by molar-refractivity contribution is -0.263. The highest BCUT2D eigenvalue weighted by Gasteiger charge is 2.53. The van der Waals surface area contributed by atoms with Crippen molar-refractivity contribution in [2.75, 3.05) is 19.6 Å². The van der Waals surface area contributed by atoms with Gasteiger partial charge in [-0.15, -0.1) is 0 Å². The second-order valence-electron chi connectivity index (χ2n) is 3.85. The molecule has 0 aromatic carbocycles. The summed E-state index contributed by atoms with van der Waals surface area (Å²) in [4.78, 5) is 11.8. The van der Waals surface area contributed by atoms with Crippen molar-refractivity contribution in [3.8, 4) is 0 Å². The smallest absolute Gasteiger partial charge is 0.380 e. The van der Waals surface area contributed by atoms with E-state index in [1.807, 2.05) is 0 Å². The van der Waals surface area contributed by atoms with Crippen molar-refractivity contribution >= 4 is 6.29 Å². The van der Waals surface area contributed by atoms with E-state index in [4.69, 9.17) is 0 Å². The molecule has 1 aliphatic heterocycles. The quantitative estimate of drug-likeness (QED) is 0.712. The average molecular weight is 225 g/mol.